The molecule has 0 aliphatic carbocycles. The lowest BCUT2D eigenvalue weighted by molar-refractivity contribution is -0.118. The Bertz CT molecular complexity index is 727. The number of hydrogen-bond donors (Lipinski definition) is 1. The van der Waals surface area contributed by atoms with E-state index in [9.17, 15) is 9.59 Å². The van der Waals surface area contributed by atoms with E-state index in [-0.39, 0.29) is 17.6 Å². The van der Waals surface area contributed by atoms with Gasteiger partial charge in [0.05, 0.1) is 6.26 Å². The minimum absolute atomic E-state index is 0.0695. The van der Waals surface area contributed by atoms with Crippen molar-refractivity contribution in [2.45, 2.75) is 33.2 Å². The SMILES string of the molecule is Cc1cc(C)c(N2CC[C@H](NC(=O)c3ccco3)C2=O)c(C)c1. The largest absolute Gasteiger partial charge is 0.459 e. The first kappa shape index (κ1) is 15.3. The number of nitrogens with zero attached hydrogens (tertiary/aromatic N) is 1. The molecule has 2 heterocycles. The monoisotopic (exact) mass is 312 g/mol. The van der Waals surface area contributed by atoms with Crippen LogP contribution in [-0.4, -0.2) is 24.4 Å². The molecule has 1 aromatic carbocycles. The fourth-order valence-corrected chi connectivity index (χ4v) is 3.27. The van der Waals surface area contributed by atoms with E-state index in [4.69, 9.17) is 4.42 Å². The van der Waals surface area contributed by atoms with Crippen molar-refractivity contribution < 1.29 is 14.0 Å². The van der Waals surface area contributed by atoms with Crippen LogP contribution in [0.1, 0.15) is 33.7 Å². The molecule has 3 rings (SSSR count). The Hall–Kier alpha value is -2.56. The molecule has 5 heteroatoms. The molecule has 1 N–H and O–H groups in total. The number of carbonyl (C=O) groups excluding carboxylic acids is 2. The molecule has 1 aromatic heterocycles. The van der Waals surface area contributed by atoms with Crippen molar-refractivity contribution in [1.29, 1.82) is 0 Å². The summed E-state index contributed by atoms with van der Waals surface area (Å²) in [6.07, 6.45) is 2.04. The highest BCUT2D eigenvalue weighted by atomic mass is 16.3. The lowest BCUT2D eigenvalue weighted by Gasteiger charge is -2.22. The van der Waals surface area contributed by atoms with E-state index in [0.29, 0.717) is 13.0 Å². The number of anilines is 1. The molecule has 2 aromatic rings. The summed E-state index contributed by atoms with van der Waals surface area (Å²) in [5, 5.41) is 2.76. The number of furan rings is 1. The summed E-state index contributed by atoms with van der Waals surface area (Å²) in [5.74, 6) is -0.202. The zero-order chi connectivity index (χ0) is 16.6. The van der Waals surface area contributed by atoms with Crippen LogP contribution in [0.3, 0.4) is 0 Å². The van der Waals surface area contributed by atoms with E-state index in [1.54, 1.807) is 17.0 Å². The fraction of sp³-hybridized carbons (Fsp3) is 0.333. The third-order valence-electron chi connectivity index (χ3n) is 4.16. The van der Waals surface area contributed by atoms with Gasteiger partial charge < -0.3 is 14.6 Å². The Morgan fingerprint density at radius 3 is 2.57 bits per heavy atom. The van der Waals surface area contributed by atoms with Crippen LogP contribution >= 0.6 is 0 Å². The zero-order valence-electron chi connectivity index (χ0n) is 13.6. The van der Waals surface area contributed by atoms with E-state index in [1.807, 2.05) is 20.8 Å². The minimum atomic E-state index is -0.507. The van der Waals surface area contributed by atoms with Crippen molar-refractivity contribution >= 4 is 17.5 Å². The summed E-state index contributed by atoms with van der Waals surface area (Å²) < 4.78 is 5.07. The molecule has 1 atom stereocenters. The fourth-order valence-electron chi connectivity index (χ4n) is 3.27. The molecule has 1 aliphatic rings. The van der Waals surface area contributed by atoms with Crippen molar-refractivity contribution in [2.75, 3.05) is 11.4 Å². The van der Waals surface area contributed by atoms with Crippen molar-refractivity contribution in [1.82, 2.24) is 5.32 Å². The molecule has 1 aliphatic heterocycles. The number of benzene rings is 1. The van der Waals surface area contributed by atoms with Gasteiger partial charge in [-0.25, -0.2) is 0 Å². The Morgan fingerprint density at radius 1 is 1.26 bits per heavy atom. The topological polar surface area (TPSA) is 62.6 Å². The van der Waals surface area contributed by atoms with Gasteiger partial charge in [-0.15, -0.1) is 0 Å². The van der Waals surface area contributed by atoms with E-state index in [1.165, 1.54) is 11.8 Å². The first-order chi connectivity index (χ1) is 11.0. The summed E-state index contributed by atoms with van der Waals surface area (Å²) in [6, 6.07) is 6.87. The summed E-state index contributed by atoms with van der Waals surface area (Å²) in [6.45, 7) is 6.67. The number of nitrogens with one attached hydrogen (secondary N) is 1. The van der Waals surface area contributed by atoms with Gasteiger partial charge in [0, 0.05) is 12.2 Å². The molecular formula is C18H20N2O3. The van der Waals surface area contributed by atoms with Crippen molar-refractivity contribution in [2.24, 2.45) is 0 Å². The number of hydrogen-bond acceptors (Lipinski definition) is 3. The quantitative estimate of drug-likeness (QED) is 0.948. The molecule has 23 heavy (non-hydrogen) atoms. The van der Waals surface area contributed by atoms with Crippen molar-refractivity contribution in [3.63, 3.8) is 0 Å². The second-order valence-electron chi connectivity index (χ2n) is 6.03. The highest BCUT2D eigenvalue weighted by Gasteiger charge is 2.35. The van der Waals surface area contributed by atoms with Gasteiger partial charge in [-0.05, 0) is 50.5 Å². The van der Waals surface area contributed by atoms with Gasteiger partial charge >= 0.3 is 0 Å². The van der Waals surface area contributed by atoms with E-state index in [0.717, 1.165) is 16.8 Å². The first-order valence-electron chi connectivity index (χ1n) is 7.71. The van der Waals surface area contributed by atoms with E-state index < -0.39 is 6.04 Å². The number of rotatable bonds is 3. The highest BCUT2D eigenvalue weighted by Crippen LogP contribution is 2.30. The third kappa shape index (κ3) is 2.86. The molecule has 1 fully saturated rings. The maximum absolute atomic E-state index is 12.7. The zero-order valence-corrected chi connectivity index (χ0v) is 13.6. The van der Waals surface area contributed by atoms with Gasteiger partial charge in [-0.3, -0.25) is 9.59 Å². The smallest absolute Gasteiger partial charge is 0.287 e. The van der Waals surface area contributed by atoms with Crippen LogP contribution in [0.15, 0.2) is 34.9 Å². The Balaban J connectivity index is 1.78. The van der Waals surface area contributed by atoms with Crippen molar-refractivity contribution in [3.8, 4) is 0 Å². The third-order valence-corrected chi connectivity index (χ3v) is 4.16. The van der Waals surface area contributed by atoms with Gasteiger partial charge in [-0.1, -0.05) is 17.7 Å². The molecule has 0 bridgehead atoms. The number of carbonyl (C=O) groups is 2. The molecular weight excluding hydrogens is 292 g/mol. The Morgan fingerprint density at radius 2 is 1.96 bits per heavy atom. The van der Waals surface area contributed by atoms with Crippen LogP contribution in [0.4, 0.5) is 5.69 Å². The van der Waals surface area contributed by atoms with Crippen LogP contribution in [0.2, 0.25) is 0 Å². The molecule has 1 saturated heterocycles. The van der Waals surface area contributed by atoms with Crippen molar-refractivity contribution in [3.05, 3.63) is 53.0 Å². The number of aryl methyl sites for hydroxylation is 3. The number of amides is 2. The lowest BCUT2D eigenvalue weighted by Crippen LogP contribution is -2.41. The van der Waals surface area contributed by atoms with Gasteiger partial charge in [0.1, 0.15) is 6.04 Å². The van der Waals surface area contributed by atoms with E-state index in [2.05, 4.69) is 17.4 Å². The van der Waals surface area contributed by atoms with Gasteiger partial charge in [0.2, 0.25) is 5.91 Å². The second-order valence-corrected chi connectivity index (χ2v) is 6.03. The predicted molar refractivity (Wildman–Crippen MR) is 87.6 cm³/mol. The normalized spacial score (nSPS) is 17.6. The molecule has 0 spiro atoms. The maximum atomic E-state index is 12.7. The van der Waals surface area contributed by atoms with Gasteiger partial charge in [0.25, 0.3) is 5.91 Å². The molecule has 0 saturated carbocycles. The average molecular weight is 312 g/mol. The van der Waals surface area contributed by atoms with Crippen LogP contribution < -0.4 is 10.2 Å². The molecule has 2 amide bonds. The Kier molecular flexibility index (Phi) is 3.94. The van der Waals surface area contributed by atoms with Gasteiger partial charge in [-0.2, -0.15) is 0 Å². The average Bonchev–Trinajstić information content (AvgIpc) is 3.11. The van der Waals surface area contributed by atoms with Crippen LogP contribution in [-0.2, 0) is 4.79 Å². The standard InChI is InChI=1S/C18H20N2O3/c1-11-9-12(2)16(13(3)10-11)20-7-6-14(18(20)22)19-17(21)15-5-4-8-23-15/h4-5,8-10,14H,6-7H2,1-3H3,(H,19,21)/t14-/m0/s1. The Labute approximate surface area is 135 Å². The lowest BCUT2D eigenvalue weighted by atomic mass is 10.0. The summed E-state index contributed by atoms with van der Waals surface area (Å²) >= 11 is 0. The molecule has 0 radical (unpaired) electrons. The summed E-state index contributed by atoms with van der Waals surface area (Å²) in [5.41, 5.74) is 4.29. The minimum Gasteiger partial charge on any atom is -0.459 e. The first-order valence-corrected chi connectivity index (χ1v) is 7.71. The summed E-state index contributed by atoms with van der Waals surface area (Å²) in [7, 11) is 0. The van der Waals surface area contributed by atoms with Gasteiger partial charge in [0.15, 0.2) is 5.76 Å². The van der Waals surface area contributed by atoms with E-state index >= 15 is 0 Å². The molecule has 0 unspecified atom stereocenters. The summed E-state index contributed by atoms with van der Waals surface area (Å²) in [4.78, 5) is 26.5. The van der Waals surface area contributed by atoms with Crippen LogP contribution in [0, 0.1) is 20.8 Å². The van der Waals surface area contributed by atoms with Crippen LogP contribution in [0.5, 0.6) is 0 Å². The van der Waals surface area contributed by atoms with Crippen LogP contribution in [0.25, 0.3) is 0 Å². The molecule has 5 nitrogen and oxygen atoms in total. The predicted octanol–water partition coefficient (Wildman–Crippen LogP) is 2.74. The second kappa shape index (κ2) is 5.91. The highest BCUT2D eigenvalue weighted by molar-refractivity contribution is 6.04. The molecule has 120 valence electrons. The maximum Gasteiger partial charge on any atom is 0.287 e.